The molecule has 1 aromatic heterocycles. The number of piperidine rings is 1. The van der Waals surface area contributed by atoms with Gasteiger partial charge in [0.2, 0.25) is 11.8 Å². The molecule has 1 atom stereocenters. The Kier molecular flexibility index (Phi) is 7.97. The molecule has 2 aromatic rings. The SMILES string of the molecule is COCC(CC(=O)Nc1ccc(Cl)cn1)NC(=O)c1ccc(N2CCCCC2=O)cc1. The first-order chi connectivity index (χ1) is 15.0. The summed E-state index contributed by atoms with van der Waals surface area (Å²) < 4.78 is 5.15. The molecule has 3 amide bonds. The highest BCUT2D eigenvalue weighted by molar-refractivity contribution is 6.30. The molecule has 0 spiro atoms. The predicted octanol–water partition coefficient (Wildman–Crippen LogP) is 3.03. The van der Waals surface area contributed by atoms with E-state index in [9.17, 15) is 14.4 Å². The number of anilines is 2. The summed E-state index contributed by atoms with van der Waals surface area (Å²) >= 11 is 5.79. The number of carbonyl (C=O) groups is 3. The van der Waals surface area contributed by atoms with E-state index in [4.69, 9.17) is 16.3 Å². The zero-order chi connectivity index (χ0) is 22.2. The van der Waals surface area contributed by atoms with E-state index < -0.39 is 6.04 Å². The van der Waals surface area contributed by atoms with E-state index in [1.165, 1.54) is 13.3 Å². The Balaban J connectivity index is 1.58. The van der Waals surface area contributed by atoms with Crippen molar-refractivity contribution in [2.24, 2.45) is 0 Å². The number of aromatic nitrogens is 1. The van der Waals surface area contributed by atoms with Crippen LogP contribution in [-0.2, 0) is 14.3 Å². The van der Waals surface area contributed by atoms with Gasteiger partial charge in [0.25, 0.3) is 5.91 Å². The minimum Gasteiger partial charge on any atom is -0.383 e. The van der Waals surface area contributed by atoms with Crippen molar-refractivity contribution in [3.63, 3.8) is 0 Å². The lowest BCUT2D eigenvalue weighted by atomic mass is 10.1. The summed E-state index contributed by atoms with van der Waals surface area (Å²) in [5, 5.41) is 5.96. The summed E-state index contributed by atoms with van der Waals surface area (Å²) in [6, 6.07) is 9.58. The van der Waals surface area contributed by atoms with E-state index in [0.29, 0.717) is 29.4 Å². The van der Waals surface area contributed by atoms with Gasteiger partial charge < -0.3 is 20.3 Å². The van der Waals surface area contributed by atoms with Gasteiger partial charge in [0.1, 0.15) is 5.82 Å². The molecule has 2 heterocycles. The summed E-state index contributed by atoms with van der Waals surface area (Å²) in [5.41, 5.74) is 1.22. The fourth-order valence-electron chi connectivity index (χ4n) is 3.36. The third-order valence-electron chi connectivity index (χ3n) is 4.89. The van der Waals surface area contributed by atoms with Gasteiger partial charge in [0.15, 0.2) is 0 Å². The van der Waals surface area contributed by atoms with E-state index in [0.717, 1.165) is 18.5 Å². The molecule has 31 heavy (non-hydrogen) atoms. The zero-order valence-corrected chi connectivity index (χ0v) is 18.0. The molecular weight excluding hydrogens is 420 g/mol. The summed E-state index contributed by atoms with van der Waals surface area (Å²) in [5.74, 6) is -0.156. The molecule has 0 saturated carbocycles. The molecule has 164 valence electrons. The van der Waals surface area contributed by atoms with Crippen molar-refractivity contribution in [3.05, 3.63) is 53.2 Å². The van der Waals surface area contributed by atoms with Crippen molar-refractivity contribution in [3.8, 4) is 0 Å². The third kappa shape index (κ3) is 6.50. The molecule has 3 rings (SSSR count). The van der Waals surface area contributed by atoms with Crippen molar-refractivity contribution in [1.82, 2.24) is 10.3 Å². The molecule has 0 radical (unpaired) electrons. The van der Waals surface area contributed by atoms with Gasteiger partial charge in [-0.05, 0) is 49.2 Å². The van der Waals surface area contributed by atoms with E-state index in [-0.39, 0.29) is 30.7 Å². The Morgan fingerprint density at radius 2 is 1.97 bits per heavy atom. The van der Waals surface area contributed by atoms with Gasteiger partial charge in [-0.1, -0.05) is 11.6 Å². The Bertz CT molecular complexity index is 918. The molecule has 1 fully saturated rings. The molecule has 2 N–H and O–H groups in total. The van der Waals surface area contributed by atoms with Gasteiger partial charge in [-0.3, -0.25) is 14.4 Å². The fraction of sp³-hybridized carbons (Fsp3) is 0.364. The number of hydrogen-bond donors (Lipinski definition) is 2. The number of nitrogens with zero attached hydrogens (tertiary/aromatic N) is 2. The van der Waals surface area contributed by atoms with Crippen molar-refractivity contribution in [2.75, 3.05) is 30.5 Å². The lowest BCUT2D eigenvalue weighted by Gasteiger charge is -2.26. The lowest BCUT2D eigenvalue weighted by molar-refractivity contribution is -0.119. The minimum absolute atomic E-state index is 0.0181. The van der Waals surface area contributed by atoms with Crippen LogP contribution < -0.4 is 15.5 Å². The first-order valence-corrected chi connectivity index (χ1v) is 10.5. The minimum atomic E-state index is -0.520. The van der Waals surface area contributed by atoms with Gasteiger partial charge in [-0.2, -0.15) is 0 Å². The maximum Gasteiger partial charge on any atom is 0.251 e. The van der Waals surface area contributed by atoms with Crippen LogP contribution in [0.1, 0.15) is 36.0 Å². The van der Waals surface area contributed by atoms with E-state index >= 15 is 0 Å². The molecule has 1 unspecified atom stereocenters. The van der Waals surface area contributed by atoms with Crippen molar-refractivity contribution in [2.45, 2.75) is 31.7 Å². The number of benzene rings is 1. The smallest absolute Gasteiger partial charge is 0.251 e. The standard InChI is InChI=1S/C22H25ClN4O4/c1-31-14-17(12-20(28)26-19-10-7-16(23)13-24-19)25-22(30)15-5-8-18(9-6-15)27-11-3-2-4-21(27)29/h5-10,13,17H,2-4,11-12,14H2,1H3,(H,25,30)(H,24,26,28). The summed E-state index contributed by atoms with van der Waals surface area (Å²) in [6.07, 6.45) is 3.89. The summed E-state index contributed by atoms with van der Waals surface area (Å²) in [7, 11) is 1.50. The second-order valence-corrected chi connectivity index (χ2v) is 7.73. The number of hydrogen-bond acceptors (Lipinski definition) is 5. The number of nitrogens with one attached hydrogen (secondary N) is 2. The molecule has 0 bridgehead atoms. The topological polar surface area (TPSA) is 101 Å². The van der Waals surface area contributed by atoms with Crippen LogP contribution in [0, 0.1) is 0 Å². The second kappa shape index (κ2) is 10.9. The van der Waals surface area contributed by atoms with E-state index in [1.54, 1.807) is 41.3 Å². The van der Waals surface area contributed by atoms with Gasteiger partial charge in [-0.15, -0.1) is 0 Å². The zero-order valence-electron chi connectivity index (χ0n) is 17.3. The van der Waals surface area contributed by atoms with E-state index in [1.807, 2.05) is 0 Å². The second-order valence-electron chi connectivity index (χ2n) is 7.29. The summed E-state index contributed by atoms with van der Waals surface area (Å²) in [4.78, 5) is 42.8. The number of amides is 3. The number of ether oxygens (including phenoxy) is 1. The highest BCUT2D eigenvalue weighted by Gasteiger charge is 2.21. The number of halogens is 1. The fourth-order valence-corrected chi connectivity index (χ4v) is 3.47. The predicted molar refractivity (Wildman–Crippen MR) is 118 cm³/mol. The van der Waals surface area contributed by atoms with Crippen LogP contribution >= 0.6 is 11.6 Å². The monoisotopic (exact) mass is 444 g/mol. The average molecular weight is 445 g/mol. The third-order valence-corrected chi connectivity index (χ3v) is 5.12. The van der Waals surface area contributed by atoms with Crippen LogP contribution in [0.25, 0.3) is 0 Å². The molecule has 1 aliphatic heterocycles. The molecule has 8 nitrogen and oxygen atoms in total. The molecule has 9 heteroatoms. The molecule has 1 saturated heterocycles. The highest BCUT2D eigenvalue weighted by Crippen LogP contribution is 2.21. The number of methoxy groups -OCH3 is 1. The first-order valence-electron chi connectivity index (χ1n) is 10.1. The molecule has 1 aliphatic rings. The van der Waals surface area contributed by atoms with Gasteiger partial charge >= 0.3 is 0 Å². The van der Waals surface area contributed by atoms with Crippen molar-refractivity contribution in [1.29, 1.82) is 0 Å². The van der Waals surface area contributed by atoms with E-state index in [2.05, 4.69) is 15.6 Å². The molecule has 1 aromatic carbocycles. The normalized spacial score (nSPS) is 14.8. The Labute approximate surface area is 185 Å². The van der Waals surface area contributed by atoms with Crippen molar-refractivity contribution >= 4 is 40.8 Å². The van der Waals surface area contributed by atoms with Gasteiger partial charge in [-0.25, -0.2) is 4.98 Å². The maximum absolute atomic E-state index is 12.7. The molecular formula is C22H25ClN4O4. The van der Waals surface area contributed by atoms with Crippen LogP contribution in [0.15, 0.2) is 42.6 Å². The first kappa shape index (κ1) is 22.7. The van der Waals surface area contributed by atoms with Crippen LogP contribution in [0.5, 0.6) is 0 Å². The van der Waals surface area contributed by atoms with Crippen molar-refractivity contribution < 1.29 is 19.1 Å². The van der Waals surface area contributed by atoms with Crippen LogP contribution in [0.3, 0.4) is 0 Å². The number of rotatable bonds is 8. The Morgan fingerprint density at radius 3 is 2.61 bits per heavy atom. The maximum atomic E-state index is 12.7. The Morgan fingerprint density at radius 1 is 1.19 bits per heavy atom. The van der Waals surface area contributed by atoms with Crippen LogP contribution in [-0.4, -0.2) is 49.0 Å². The van der Waals surface area contributed by atoms with Crippen LogP contribution in [0.2, 0.25) is 5.02 Å². The quantitative estimate of drug-likeness (QED) is 0.651. The largest absolute Gasteiger partial charge is 0.383 e. The number of carbonyl (C=O) groups excluding carboxylic acids is 3. The van der Waals surface area contributed by atoms with Gasteiger partial charge in [0.05, 0.1) is 17.7 Å². The summed E-state index contributed by atoms with van der Waals surface area (Å²) in [6.45, 7) is 0.867. The highest BCUT2D eigenvalue weighted by atomic mass is 35.5. The number of pyridine rings is 1. The van der Waals surface area contributed by atoms with Crippen LogP contribution in [0.4, 0.5) is 11.5 Å². The molecule has 0 aliphatic carbocycles. The Hall–Kier alpha value is -2.97. The average Bonchev–Trinajstić information content (AvgIpc) is 2.76. The lowest BCUT2D eigenvalue weighted by Crippen LogP contribution is -2.40. The van der Waals surface area contributed by atoms with Gasteiger partial charge in [0, 0.05) is 43.9 Å².